The van der Waals surface area contributed by atoms with Crippen molar-refractivity contribution >= 4 is 17.3 Å². The van der Waals surface area contributed by atoms with Crippen molar-refractivity contribution in [2.24, 2.45) is 0 Å². The standard InChI is InChI=1S/C37H48ClNO23/c38-15-8-14(39(51)52)6-7-16(15)54-34-25(47)21(43)29(17(9-40)55-34)60-35-26(48)22(44)30(18(10-41)56-35)61-36-27(49)23(45)31(19(11-42)57-36)62-37-28(50)24(46)32-20(58-37)12-53-33(59-32)13-4-2-1-3-5-13/h1-8,17-37,40-50H,9-12H2/t17?,18?,19?,20?,21-,22-,23-,24-,25?,26?,27?,28?,29-,30-,31-,32-,33?,34-,35+,36+,37+/m1/s1. The molecule has 62 heavy (non-hydrogen) atoms. The maximum absolute atomic E-state index is 11.2. The molecule has 9 unspecified atom stereocenters. The first-order chi connectivity index (χ1) is 29.6. The third kappa shape index (κ3) is 9.57. The lowest BCUT2D eigenvalue weighted by atomic mass is 9.95. The molecule has 5 saturated heterocycles. The average molecular weight is 910 g/mol. The van der Waals surface area contributed by atoms with E-state index in [0.717, 1.165) is 18.2 Å². The second-order valence-electron chi connectivity index (χ2n) is 15.1. The summed E-state index contributed by atoms with van der Waals surface area (Å²) in [7, 11) is 0. The molecule has 0 saturated carbocycles. The van der Waals surface area contributed by atoms with Gasteiger partial charge in [-0.05, 0) is 6.07 Å². The van der Waals surface area contributed by atoms with Crippen LogP contribution in [0.5, 0.6) is 5.75 Å². The molecule has 0 aliphatic carbocycles. The summed E-state index contributed by atoms with van der Waals surface area (Å²) in [4.78, 5) is 10.4. The lowest BCUT2D eigenvalue weighted by molar-refractivity contribution is -0.396. The lowest BCUT2D eigenvalue weighted by Gasteiger charge is -2.50. The molecular formula is C37H48ClNO23. The first-order valence-electron chi connectivity index (χ1n) is 19.4. The molecule has 2 aromatic carbocycles. The van der Waals surface area contributed by atoms with E-state index in [1.807, 2.05) is 0 Å². The number of rotatable bonds is 13. The van der Waals surface area contributed by atoms with Crippen LogP contribution in [-0.2, 0) is 42.6 Å². The Morgan fingerprint density at radius 2 is 1.08 bits per heavy atom. The van der Waals surface area contributed by atoms with Gasteiger partial charge in [-0.3, -0.25) is 10.1 Å². The predicted molar refractivity (Wildman–Crippen MR) is 197 cm³/mol. The number of hydrogen-bond donors (Lipinski definition) is 11. The van der Waals surface area contributed by atoms with Gasteiger partial charge >= 0.3 is 0 Å². The number of hydrogen-bond acceptors (Lipinski definition) is 23. The summed E-state index contributed by atoms with van der Waals surface area (Å²) in [6, 6.07) is 12.0. The molecule has 0 spiro atoms. The zero-order chi connectivity index (χ0) is 44.6. The van der Waals surface area contributed by atoms with Crippen molar-refractivity contribution in [1.29, 1.82) is 0 Å². The largest absolute Gasteiger partial charge is 0.460 e. The molecule has 11 N–H and O–H groups in total. The van der Waals surface area contributed by atoms with Crippen molar-refractivity contribution < 1.29 is 108 Å². The van der Waals surface area contributed by atoms with Crippen molar-refractivity contribution in [2.75, 3.05) is 26.4 Å². The van der Waals surface area contributed by atoms with E-state index in [-0.39, 0.29) is 23.1 Å². The van der Waals surface area contributed by atoms with Crippen LogP contribution < -0.4 is 4.74 Å². The van der Waals surface area contributed by atoms with Gasteiger partial charge in [0.1, 0.15) is 103 Å². The minimum absolute atomic E-state index is 0.0919. The molecule has 346 valence electrons. The lowest BCUT2D eigenvalue weighted by Crippen LogP contribution is -2.68. The summed E-state index contributed by atoms with van der Waals surface area (Å²) in [6.07, 6.45) is -34.9. The number of aliphatic hydroxyl groups is 11. The van der Waals surface area contributed by atoms with E-state index < -0.39 is 154 Å². The molecule has 2 aromatic rings. The van der Waals surface area contributed by atoms with Crippen molar-refractivity contribution in [1.82, 2.24) is 0 Å². The quantitative estimate of drug-likeness (QED) is 0.0668. The van der Waals surface area contributed by atoms with Crippen LogP contribution in [0.25, 0.3) is 0 Å². The van der Waals surface area contributed by atoms with Crippen LogP contribution in [0.15, 0.2) is 48.5 Å². The van der Waals surface area contributed by atoms with Crippen LogP contribution >= 0.6 is 11.6 Å². The van der Waals surface area contributed by atoms with Crippen LogP contribution in [0.1, 0.15) is 11.9 Å². The highest BCUT2D eigenvalue weighted by Gasteiger charge is 2.56. The molecule has 0 radical (unpaired) electrons. The van der Waals surface area contributed by atoms with Gasteiger partial charge in [-0.1, -0.05) is 41.9 Å². The topological polar surface area (TPSA) is 358 Å². The molecule has 5 aliphatic heterocycles. The molecule has 0 bridgehead atoms. The summed E-state index contributed by atoms with van der Waals surface area (Å²) in [6.45, 7) is -2.77. The highest BCUT2D eigenvalue weighted by Crippen LogP contribution is 2.38. The van der Waals surface area contributed by atoms with Crippen LogP contribution in [0, 0.1) is 10.1 Å². The Balaban J connectivity index is 0.961. The number of ether oxygens (including phenoxy) is 10. The van der Waals surface area contributed by atoms with Gasteiger partial charge < -0.3 is 104 Å². The second kappa shape index (κ2) is 20.1. The van der Waals surface area contributed by atoms with E-state index in [1.165, 1.54) is 0 Å². The summed E-state index contributed by atoms with van der Waals surface area (Å²) in [5.74, 6) is -0.179. The van der Waals surface area contributed by atoms with Crippen molar-refractivity contribution in [2.45, 2.75) is 129 Å². The second-order valence-corrected chi connectivity index (χ2v) is 15.5. The van der Waals surface area contributed by atoms with Gasteiger partial charge in [-0.15, -0.1) is 0 Å². The van der Waals surface area contributed by atoms with Crippen molar-refractivity contribution in [3.8, 4) is 5.75 Å². The van der Waals surface area contributed by atoms with Crippen LogP contribution in [0.2, 0.25) is 5.02 Å². The Labute approximate surface area is 355 Å². The number of fused-ring (bicyclic) bond motifs is 1. The van der Waals surface area contributed by atoms with Gasteiger partial charge in [0.05, 0.1) is 36.4 Å². The monoisotopic (exact) mass is 909 g/mol. The third-order valence-electron chi connectivity index (χ3n) is 11.1. The number of halogens is 1. The number of benzene rings is 2. The SMILES string of the molecule is O=[N+]([O-])c1ccc(O[C@@H]2OC(CO)[C@@H](O[C@@H]3OC(CO)[C@@H](O[C@@H]4OC(CO)[C@@H](O[C@@H]5OC6COC(c7ccccc7)O[C@H]6[C@H](O)C5O)[C@H](O)C4O)[C@H](O)C3O)[C@H](O)C2O)c(Cl)c1. The highest BCUT2D eigenvalue weighted by molar-refractivity contribution is 6.32. The van der Waals surface area contributed by atoms with Crippen LogP contribution in [-0.4, -0.2) is 210 Å². The van der Waals surface area contributed by atoms with E-state index >= 15 is 0 Å². The fraction of sp³-hybridized carbons (Fsp3) is 0.676. The summed E-state index contributed by atoms with van der Waals surface area (Å²) in [5.41, 5.74) is 0.301. The molecular weight excluding hydrogens is 862 g/mol. The smallest absolute Gasteiger partial charge is 0.271 e. The molecule has 5 fully saturated rings. The number of aliphatic hydroxyl groups excluding tert-OH is 11. The molecule has 5 aliphatic rings. The van der Waals surface area contributed by atoms with Gasteiger partial charge in [0.25, 0.3) is 5.69 Å². The molecule has 7 rings (SSSR count). The van der Waals surface area contributed by atoms with E-state index in [0.29, 0.717) is 5.56 Å². The molecule has 5 heterocycles. The van der Waals surface area contributed by atoms with Crippen LogP contribution in [0.4, 0.5) is 5.69 Å². The van der Waals surface area contributed by atoms with Crippen LogP contribution in [0.3, 0.4) is 0 Å². The zero-order valence-electron chi connectivity index (χ0n) is 32.2. The molecule has 21 atom stereocenters. The fourth-order valence-electron chi connectivity index (χ4n) is 7.74. The van der Waals surface area contributed by atoms with E-state index in [4.69, 9.17) is 59.0 Å². The molecule has 24 nitrogen and oxygen atoms in total. The Kier molecular flexibility index (Phi) is 15.3. The maximum atomic E-state index is 11.2. The van der Waals surface area contributed by atoms with Gasteiger partial charge in [0.15, 0.2) is 25.2 Å². The first kappa shape index (κ1) is 47.1. The molecule has 25 heteroatoms. The minimum atomic E-state index is -2.06. The Hall–Kier alpha value is -2.87. The Bertz CT molecular complexity index is 1780. The number of nitro groups is 1. The first-order valence-corrected chi connectivity index (χ1v) is 19.8. The minimum Gasteiger partial charge on any atom is -0.460 e. The average Bonchev–Trinajstić information content (AvgIpc) is 3.27. The summed E-state index contributed by atoms with van der Waals surface area (Å²) in [5, 5.41) is 130. The molecule has 0 aromatic heterocycles. The van der Waals surface area contributed by atoms with Gasteiger partial charge in [0.2, 0.25) is 6.29 Å². The van der Waals surface area contributed by atoms with Crippen molar-refractivity contribution in [3.05, 3.63) is 69.2 Å². The Morgan fingerprint density at radius 3 is 1.56 bits per heavy atom. The highest BCUT2D eigenvalue weighted by atomic mass is 35.5. The van der Waals surface area contributed by atoms with Crippen molar-refractivity contribution in [3.63, 3.8) is 0 Å². The number of non-ortho nitro benzene ring substituents is 1. The fourth-order valence-corrected chi connectivity index (χ4v) is 7.96. The van der Waals surface area contributed by atoms with Gasteiger partial charge in [-0.25, -0.2) is 0 Å². The van der Waals surface area contributed by atoms with Gasteiger partial charge in [0, 0.05) is 17.7 Å². The van der Waals surface area contributed by atoms with Gasteiger partial charge in [-0.2, -0.15) is 0 Å². The van der Waals surface area contributed by atoms with E-state index in [9.17, 15) is 66.3 Å². The summed E-state index contributed by atoms with van der Waals surface area (Å²) >= 11 is 6.07. The normalized spacial score (nSPS) is 43.7. The third-order valence-corrected chi connectivity index (χ3v) is 11.4. The molecule has 0 amide bonds. The number of nitro benzene ring substituents is 1. The summed E-state index contributed by atoms with van der Waals surface area (Å²) < 4.78 is 57.1. The maximum Gasteiger partial charge on any atom is 0.271 e. The Morgan fingerprint density at radius 1 is 0.613 bits per heavy atom. The zero-order valence-corrected chi connectivity index (χ0v) is 33.0. The number of nitrogens with zero attached hydrogens (tertiary/aromatic N) is 1. The predicted octanol–water partition coefficient (Wildman–Crippen LogP) is -4.34. The van der Waals surface area contributed by atoms with E-state index in [2.05, 4.69) is 0 Å². The van der Waals surface area contributed by atoms with E-state index in [1.54, 1.807) is 30.3 Å².